The predicted molar refractivity (Wildman–Crippen MR) is 68.1 cm³/mol. The van der Waals surface area contributed by atoms with Crippen molar-refractivity contribution >= 4 is 12.0 Å². The number of rotatable bonds is 5. The second-order valence-corrected chi connectivity index (χ2v) is 4.57. The Bertz CT molecular complexity index is 402. The lowest BCUT2D eigenvalue weighted by atomic mass is 9.89. The fourth-order valence-electron chi connectivity index (χ4n) is 1.29. The van der Waals surface area contributed by atoms with Crippen molar-refractivity contribution in [2.24, 2.45) is 5.41 Å². The molecule has 0 aliphatic heterocycles. The minimum absolute atomic E-state index is 0.508. The fraction of sp³-hybridized carbons (Fsp3) is 0.357. The summed E-state index contributed by atoms with van der Waals surface area (Å²) in [5, 5.41) is 8.96. The van der Waals surface area contributed by atoms with E-state index in [1.165, 1.54) is 0 Å². The number of methoxy groups -OCH3 is 1. The first kappa shape index (κ1) is 13.3. The van der Waals surface area contributed by atoms with E-state index >= 15 is 0 Å². The number of hydrogen-bond donors (Lipinski definition) is 1. The maximum atomic E-state index is 10.9. The Morgan fingerprint density at radius 1 is 1.35 bits per heavy atom. The highest BCUT2D eigenvalue weighted by atomic mass is 16.5. The van der Waals surface area contributed by atoms with Gasteiger partial charge in [-0.1, -0.05) is 24.3 Å². The van der Waals surface area contributed by atoms with Crippen LogP contribution in [0.5, 0.6) is 5.75 Å². The summed E-state index contributed by atoms with van der Waals surface area (Å²) >= 11 is 0. The number of ether oxygens (including phenoxy) is 1. The summed E-state index contributed by atoms with van der Waals surface area (Å²) in [5.41, 5.74) is 0.315. The molecule has 3 nitrogen and oxygen atoms in total. The van der Waals surface area contributed by atoms with Gasteiger partial charge >= 0.3 is 5.97 Å². The molecule has 17 heavy (non-hydrogen) atoms. The van der Waals surface area contributed by atoms with Crippen LogP contribution in [0.15, 0.2) is 30.3 Å². The smallest absolute Gasteiger partial charge is 0.309 e. The minimum atomic E-state index is -0.781. The molecule has 0 amide bonds. The Balaban J connectivity index is 2.62. The molecule has 0 atom stereocenters. The molecule has 0 unspecified atom stereocenters. The number of aliphatic carboxylic acids is 1. The second kappa shape index (κ2) is 5.53. The van der Waals surface area contributed by atoms with E-state index in [1.54, 1.807) is 21.0 Å². The summed E-state index contributed by atoms with van der Waals surface area (Å²) in [6, 6.07) is 7.62. The van der Waals surface area contributed by atoms with E-state index < -0.39 is 11.4 Å². The molecule has 0 bridgehead atoms. The molecule has 1 rings (SSSR count). The third kappa shape index (κ3) is 3.94. The number of carbonyl (C=O) groups is 1. The van der Waals surface area contributed by atoms with Gasteiger partial charge in [0.25, 0.3) is 0 Å². The molecule has 1 aromatic rings. The van der Waals surface area contributed by atoms with Crippen molar-refractivity contribution in [2.45, 2.75) is 20.3 Å². The predicted octanol–water partition coefficient (Wildman–Crippen LogP) is 3.21. The van der Waals surface area contributed by atoms with Crippen LogP contribution in [-0.2, 0) is 4.79 Å². The van der Waals surface area contributed by atoms with E-state index in [0.717, 1.165) is 11.3 Å². The third-order valence-corrected chi connectivity index (χ3v) is 2.63. The van der Waals surface area contributed by atoms with Gasteiger partial charge in [-0.2, -0.15) is 0 Å². The normalized spacial score (nSPS) is 11.7. The SMILES string of the molecule is COc1ccc(C=CCC(C)(C)C(=O)O)cc1. The van der Waals surface area contributed by atoms with Crippen LogP contribution in [0, 0.1) is 5.41 Å². The van der Waals surface area contributed by atoms with Crippen molar-refractivity contribution in [3.05, 3.63) is 35.9 Å². The molecule has 3 heteroatoms. The summed E-state index contributed by atoms with van der Waals surface area (Å²) < 4.78 is 5.06. The molecule has 0 heterocycles. The van der Waals surface area contributed by atoms with E-state index in [2.05, 4.69) is 0 Å². The van der Waals surface area contributed by atoms with Crippen LogP contribution in [-0.4, -0.2) is 18.2 Å². The van der Waals surface area contributed by atoms with E-state index in [-0.39, 0.29) is 0 Å². The van der Waals surface area contributed by atoms with Crippen molar-refractivity contribution in [3.8, 4) is 5.75 Å². The van der Waals surface area contributed by atoms with Crippen molar-refractivity contribution in [1.82, 2.24) is 0 Å². The molecule has 0 fully saturated rings. The highest BCUT2D eigenvalue weighted by molar-refractivity contribution is 5.74. The Labute approximate surface area is 102 Å². The molecule has 0 aromatic heterocycles. The Morgan fingerprint density at radius 2 is 1.94 bits per heavy atom. The summed E-state index contributed by atoms with van der Waals surface area (Å²) in [4.78, 5) is 10.9. The molecule has 0 radical (unpaired) electrons. The standard InChI is InChI=1S/C14H18O3/c1-14(2,13(15)16)10-4-5-11-6-8-12(17-3)9-7-11/h4-9H,10H2,1-3H3,(H,15,16). The summed E-state index contributed by atoms with van der Waals surface area (Å²) in [7, 11) is 1.63. The maximum absolute atomic E-state index is 10.9. The number of carboxylic acids is 1. The lowest BCUT2D eigenvalue weighted by molar-refractivity contribution is -0.146. The first-order valence-corrected chi connectivity index (χ1v) is 5.50. The first-order chi connectivity index (χ1) is 7.95. The van der Waals surface area contributed by atoms with Gasteiger partial charge < -0.3 is 9.84 Å². The van der Waals surface area contributed by atoms with Crippen LogP contribution in [0.25, 0.3) is 6.08 Å². The zero-order valence-electron chi connectivity index (χ0n) is 10.4. The van der Waals surface area contributed by atoms with Gasteiger partial charge in [0, 0.05) is 0 Å². The first-order valence-electron chi connectivity index (χ1n) is 5.50. The number of allylic oxidation sites excluding steroid dienone is 1. The number of carboxylic acid groups (broad SMARTS) is 1. The molecule has 0 saturated carbocycles. The maximum Gasteiger partial charge on any atom is 0.309 e. The third-order valence-electron chi connectivity index (χ3n) is 2.63. The van der Waals surface area contributed by atoms with Crippen LogP contribution < -0.4 is 4.74 Å². The van der Waals surface area contributed by atoms with Crippen molar-refractivity contribution in [3.63, 3.8) is 0 Å². The molecular formula is C14H18O3. The van der Waals surface area contributed by atoms with Crippen molar-refractivity contribution in [1.29, 1.82) is 0 Å². The zero-order valence-corrected chi connectivity index (χ0v) is 10.4. The summed E-state index contributed by atoms with van der Waals surface area (Å²) in [6.07, 6.45) is 4.31. The molecule has 1 aromatic carbocycles. The molecule has 0 aliphatic carbocycles. The zero-order chi connectivity index (χ0) is 12.9. The minimum Gasteiger partial charge on any atom is -0.497 e. The van der Waals surface area contributed by atoms with Gasteiger partial charge in [-0.3, -0.25) is 4.79 Å². The molecule has 1 N–H and O–H groups in total. The monoisotopic (exact) mass is 234 g/mol. The van der Waals surface area contributed by atoms with Gasteiger partial charge in [-0.25, -0.2) is 0 Å². The number of hydrogen-bond acceptors (Lipinski definition) is 2. The van der Waals surface area contributed by atoms with Crippen LogP contribution >= 0.6 is 0 Å². The molecule has 92 valence electrons. The summed E-state index contributed by atoms with van der Waals surface area (Å²) in [6.45, 7) is 3.43. The second-order valence-electron chi connectivity index (χ2n) is 4.57. The van der Waals surface area contributed by atoms with Gasteiger partial charge in [-0.05, 0) is 38.0 Å². The van der Waals surface area contributed by atoms with Gasteiger partial charge in [0.1, 0.15) is 5.75 Å². The van der Waals surface area contributed by atoms with E-state index in [4.69, 9.17) is 9.84 Å². The van der Waals surface area contributed by atoms with E-state index in [9.17, 15) is 4.79 Å². The topological polar surface area (TPSA) is 46.5 Å². The van der Waals surface area contributed by atoms with Gasteiger partial charge in [-0.15, -0.1) is 0 Å². The van der Waals surface area contributed by atoms with E-state index in [0.29, 0.717) is 6.42 Å². The lowest BCUT2D eigenvalue weighted by Crippen LogP contribution is -2.22. The molecule has 0 saturated heterocycles. The summed E-state index contributed by atoms with van der Waals surface area (Å²) in [5.74, 6) is 0.0323. The number of benzene rings is 1. The van der Waals surface area contributed by atoms with E-state index in [1.807, 2.05) is 36.4 Å². The average Bonchev–Trinajstić information content (AvgIpc) is 2.29. The molecular weight excluding hydrogens is 216 g/mol. The quantitative estimate of drug-likeness (QED) is 0.851. The Kier molecular flexibility index (Phi) is 4.32. The highest BCUT2D eigenvalue weighted by Crippen LogP contribution is 2.22. The van der Waals surface area contributed by atoms with Crippen LogP contribution in [0.1, 0.15) is 25.8 Å². The van der Waals surface area contributed by atoms with Crippen LogP contribution in [0.3, 0.4) is 0 Å². The van der Waals surface area contributed by atoms with Gasteiger partial charge in [0.15, 0.2) is 0 Å². The Hall–Kier alpha value is -1.77. The van der Waals surface area contributed by atoms with Crippen molar-refractivity contribution < 1.29 is 14.6 Å². The van der Waals surface area contributed by atoms with Crippen LogP contribution in [0.4, 0.5) is 0 Å². The van der Waals surface area contributed by atoms with Crippen molar-refractivity contribution in [2.75, 3.05) is 7.11 Å². The fourth-order valence-corrected chi connectivity index (χ4v) is 1.29. The largest absolute Gasteiger partial charge is 0.497 e. The lowest BCUT2D eigenvalue weighted by Gasteiger charge is -2.15. The molecule has 0 spiro atoms. The van der Waals surface area contributed by atoms with Gasteiger partial charge in [0.2, 0.25) is 0 Å². The average molecular weight is 234 g/mol. The highest BCUT2D eigenvalue weighted by Gasteiger charge is 2.24. The Morgan fingerprint density at radius 3 is 2.41 bits per heavy atom. The molecule has 0 aliphatic rings. The van der Waals surface area contributed by atoms with Gasteiger partial charge in [0.05, 0.1) is 12.5 Å². The van der Waals surface area contributed by atoms with Crippen LogP contribution in [0.2, 0.25) is 0 Å².